The summed E-state index contributed by atoms with van der Waals surface area (Å²) in [6.07, 6.45) is 3.24. The molecule has 1 atom stereocenters. The van der Waals surface area contributed by atoms with Gasteiger partial charge in [0.05, 0.1) is 6.61 Å². The fourth-order valence-corrected chi connectivity index (χ4v) is 3.13. The fraction of sp³-hybridized carbons (Fsp3) is 0.474. The van der Waals surface area contributed by atoms with Crippen LogP contribution in [0.25, 0.3) is 6.08 Å². The average molecular weight is 346 g/mol. The third-order valence-corrected chi connectivity index (χ3v) is 8.72. The summed E-state index contributed by atoms with van der Waals surface area (Å²) in [7, 11) is -2.37. The van der Waals surface area contributed by atoms with Gasteiger partial charge in [-0.05, 0) is 36.7 Å². The maximum atomic E-state index is 12.5. The number of carbonyl (C=O) groups excluding carboxylic acids is 1. The van der Waals surface area contributed by atoms with Gasteiger partial charge in [0.1, 0.15) is 6.07 Å². The molecule has 0 aliphatic rings. The number of nitrogens with zero attached hydrogens (tertiary/aromatic N) is 1. The zero-order chi connectivity index (χ0) is 18.4. The molecule has 0 saturated heterocycles. The second kappa shape index (κ2) is 7.78. The van der Waals surface area contributed by atoms with Gasteiger partial charge in [-0.25, -0.2) is 4.79 Å². The van der Waals surface area contributed by atoms with E-state index in [4.69, 9.17) is 9.16 Å². The summed E-state index contributed by atoms with van der Waals surface area (Å²) >= 11 is 0. The van der Waals surface area contributed by atoms with Gasteiger partial charge in [-0.3, -0.25) is 0 Å². The van der Waals surface area contributed by atoms with Gasteiger partial charge in [-0.1, -0.05) is 57.2 Å². The van der Waals surface area contributed by atoms with Crippen LogP contribution in [0.2, 0.25) is 18.1 Å². The summed E-state index contributed by atoms with van der Waals surface area (Å²) in [6.45, 7) is 12.1. The number of ether oxygens (including phenoxy) is 1. The average Bonchev–Trinajstić information content (AvgIpc) is 2.51. The summed E-state index contributed by atoms with van der Waals surface area (Å²) in [6, 6.07) is 11.5. The summed E-state index contributed by atoms with van der Waals surface area (Å²) in [5, 5.41) is 9.64. The third kappa shape index (κ3) is 4.79. The lowest BCUT2D eigenvalue weighted by Crippen LogP contribution is -2.52. The van der Waals surface area contributed by atoms with Gasteiger partial charge in [-0.15, -0.1) is 0 Å². The molecular weight excluding hydrogens is 318 g/mol. The van der Waals surface area contributed by atoms with Crippen molar-refractivity contribution in [1.29, 1.82) is 5.26 Å². The van der Waals surface area contributed by atoms with Crippen molar-refractivity contribution in [3.8, 4) is 6.07 Å². The summed E-state index contributed by atoms with van der Waals surface area (Å²) in [4.78, 5) is 12.5. The molecule has 0 saturated carbocycles. The van der Waals surface area contributed by atoms with Crippen LogP contribution in [-0.2, 0) is 14.0 Å². The topological polar surface area (TPSA) is 59.3 Å². The van der Waals surface area contributed by atoms with Crippen molar-refractivity contribution < 1.29 is 14.0 Å². The number of rotatable bonds is 6. The molecule has 0 amide bonds. The van der Waals surface area contributed by atoms with Gasteiger partial charge in [0, 0.05) is 0 Å². The number of esters is 1. The Balaban J connectivity index is 3.28. The SMILES string of the molecule is CCOC(=O)C(C#N)(/C=C/c1ccccc1)O[Si](C)(C)C(C)(C)C. The van der Waals surface area contributed by atoms with Gasteiger partial charge in [0.2, 0.25) is 0 Å². The lowest BCUT2D eigenvalue weighted by atomic mass is 10.0. The monoisotopic (exact) mass is 345 g/mol. The van der Waals surface area contributed by atoms with E-state index in [9.17, 15) is 10.1 Å². The van der Waals surface area contributed by atoms with Crippen LogP contribution in [-0.4, -0.2) is 26.5 Å². The van der Waals surface area contributed by atoms with Crippen molar-refractivity contribution in [3.63, 3.8) is 0 Å². The molecule has 1 aromatic carbocycles. The Morgan fingerprint density at radius 1 is 1.25 bits per heavy atom. The van der Waals surface area contributed by atoms with Crippen molar-refractivity contribution in [3.05, 3.63) is 42.0 Å². The molecule has 130 valence electrons. The first-order chi connectivity index (χ1) is 11.1. The highest BCUT2D eigenvalue weighted by molar-refractivity contribution is 6.74. The number of carbonyl (C=O) groups is 1. The van der Waals surface area contributed by atoms with E-state index in [0.717, 1.165) is 5.56 Å². The predicted molar refractivity (Wildman–Crippen MR) is 98.7 cm³/mol. The molecule has 0 aromatic heterocycles. The molecule has 0 aliphatic heterocycles. The second-order valence-electron chi connectivity index (χ2n) is 7.17. The Morgan fingerprint density at radius 2 is 1.83 bits per heavy atom. The van der Waals surface area contributed by atoms with Gasteiger partial charge in [-0.2, -0.15) is 5.26 Å². The molecule has 24 heavy (non-hydrogen) atoms. The van der Waals surface area contributed by atoms with Gasteiger partial charge >= 0.3 is 5.97 Å². The first-order valence-electron chi connectivity index (χ1n) is 8.11. The van der Waals surface area contributed by atoms with E-state index in [2.05, 4.69) is 20.8 Å². The zero-order valence-corrected chi connectivity index (χ0v) is 16.4. The Kier molecular flexibility index (Phi) is 6.53. The summed E-state index contributed by atoms with van der Waals surface area (Å²) in [5.74, 6) is -0.662. The molecule has 0 bridgehead atoms. The van der Waals surface area contributed by atoms with Crippen LogP contribution in [0.3, 0.4) is 0 Å². The summed E-state index contributed by atoms with van der Waals surface area (Å²) < 4.78 is 11.3. The molecule has 5 heteroatoms. The minimum Gasteiger partial charge on any atom is -0.463 e. The maximum absolute atomic E-state index is 12.5. The molecule has 0 radical (unpaired) electrons. The number of hydrogen-bond donors (Lipinski definition) is 0. The molecule has 4 nitrogen and oxygen atoms in total. The Bertz CT molecular complexity index is 626. The Hall–Kier alpha value is -1.90. The second-order valence-corrected chi connectivity index (χ2v) is 11.9. The highest BCUT2D eigenvalue weighted by Gasteiger charge is 2.49. The van der Waals surface area contributed by atoms with Crippen molar-refractivity contribution in [2.24, 2.45) is 0 Å². The first kappa shape index (κ1) is 20.1. The molecule has 0 aliphatic carbocycles. The molecule has 1 unspecified atom stereocenters. The number of nitriles is 1. The van der Waals surface area contributed by atoms with Crippen LogP contribution >= 0.6 is 0 Å². The van der Waals surface area contributed by atoms with Crippen LogP contribution in [0.5, 0.6) is 0 Å². The molecule has 0 fully saturated rings. The van der Waals surface area contributed by atoms with E-state index in [0.29, 0.717) is 0 Å². The van der Waals surface area contributed by atoms with Gasteiger partial charge in [0.15, 0.2) is 8.32 Å². The first-order valence-corrected chi connectivity index (χ1v) is 11.0. The summed E-state index contributed by atoms with van der Waals surface area (Å²) in [5.41, 5.74) is -0.838. The minimum absolute atomic E-state index is 0.137. The molecular formula is C19H27NO3Si. The maximum Gasteiger partial charge on any atom is 0.356 e. The standard InChI is InChI=1S/C19H27NO3Si/c1-7-22-17(21)19(15-20,23-24(5,6)18(2,3)4)14-13-16-11-9-8-10-12-16/h8-14H,7H2,1-6H3/b14-13+. The van der Waals surface area contributed by atoms with E-state index in [1.54, 1.807) is 13.0 Å². The van der Waals surface area contributed by atoms with Crippen LogP contribution in [0.1, 0.15) is 33.3 Å². The minimum atomic E-state index is -2.37. The van der Waals surface area contributed by atoms with Gasteiger partial charge in [0.25, 0.3) is 5.60 Å². The van der Waals surface area contributed by atoms with Crippen LogP contribution in [0.15, 0.2) is 36.4 Å². The van der Waals surface area contributed by atoms with Crippen molar-refractivity contribution in [2.75, 3.05) is 6.61 Å². The van der Waals surface area contributed by atoms with Crippen molar-refractivity contribution in [2.45, 2.75) is 51.4 Å². The zero-order valence-electron chi connectivity index (χ0n) is 15.4. The van der Waals surface area contributed by atoms with E-state index in [-0.39, 0.29) is 11.6 Å². The molecule has 0 N–H and O–H groups in total. The van der Waals surface area contributed by atoms with Crippen LogP contribution in [0, 0.1) is 11.3 Å². The number of hydrogen-bond acceptors (Lipinski definition) is 4. The molecule has 1 rings (SSSR count). The largest absolute Gasteiger partial charge is 0.463 e. The smallest absolute Gasteiger partial charge is 0.356 e. The normalized spacial score (nSPS) is 14.9. The highest BCUT2D eigenvalue weighted by Crippen LogP contribution is 2.39. The Morgan fingerprint density at radius 3 is 2.29 bits per heavy atom. The lowest BCUT2D eigenvalue weighted by molar-refractivity contribution is -0.154. The molecule has 1 aromatic rings. The van der Waals surface area contributed by atoms with Crippen LogP contribution < -0.4 is 0 Å². The lowest BCUT2D eigenvalue weighted by Gasteiger charge is -2.40. The van der Waals surface area contributed by atoms with E-state index >= 15 is 0 Å². The van der Waals surface area contributed by atoms with E-state index in [1.807, 2.05) is 49.5 Å². The van der Waals surface area contributed by atoms with E-state index < -0.39 is 19.9 Å². The van der Waals surface area contributed by atoms with E-state index in [1.165, 1.54) is 6.08 Å². The fourth-order valence-electron chi connectivity index (χ4n) is 1.82. The van der Waals surface area contributed by atoms with Crippen LogP contribution in [0.4, 0.5) is 0 Å². The highest BCUT2D eigenvalue weighted by atomic mass is 28.4. The van der Waals surface area contributed by atoms with Gasteiger partial charge < -0.3 is 9.16 Å². The molecule has 0 spiro atoms. The Labute approximate surface area is 146 Å². The van der Waals surface area contributed by atoms with Crippen molar-refractivity contribution >= 4 is 20.4 Å². The predicted octanol–water partition coefficient (Wildman–Crippen LogP) is 4.55. The number of benzene rings is 1. The quantitative estimate of drug-likeness (QED) is 0.561. The molecule has 0 heterocycles. The van der Waals surface area contributed by atoms with Crippen molar-refractivity contribution in [1.82, 2.24) is 0 Å². The third-order valence-electron chi connectivity index (χ3n) is 4.28.